The van der Waals surface area contributed by atoms with Crippen LogP contribution in [0.2, 0.25) is 0 Å². The largest absolute Gasteiger partial charge is 0.160 e. The molecular weight excluding hydrogens is 230 g/mol. The molecule has 1 fully saturated rings. The zero-order valence-corrected chi connectivity index (χ0v) is 9.32. The highest BCUT2D eigenvalue weighted by Crippen LogP contribution is 2.30. The van der Waals surface area contributed by atoms with Crippen LogP contribution in [0.15, 0.2) is 22.0 Å². The minimum atomic E-state index is 0.614. The SMILES string of the molecule is CC1C/C(=N/n2cc(Br)cn2)C1C. The van der Waals surface area contributed by atoms with E-state index in [2.05, 4.69) is 40.0 Å². The second kappa shape index (κ2) is 3.25. The fourth-order valence-corrected chi connectivity index (χ4v) is 1.74. The molecule has 1 aromatic heterocycles. The minimum absolute atomic E-state index is 0.614. The molecule has 2 atom stereocenters. The molecule has 4 heteroatoms. The minimum Gasteiger partial charge on any atom is -0.160 e. The molecule has 0 saturated heterocycles. The van der Waals surface area contributed by atoms with Crippen LogP contribution in [0.3, 0.4) is 0 Å². The topological polar surface area (TPSA) is 30.2 Å². The van der Waals surface area contributed by atoms with E-state index in [-0.39, 0.29) is 0 Å². The van der Waals surface area contributed by atoms with Gasteiger partial charge in [-0.15, -0.1) is 0 Å². The molecule has 0 aliphatic heterocycles. The Morgan fingerprint density at radius 1 is 1.62 bits per heavy atom. The van der Waals surface area contributed by atoms with Crippen molar-refractivity contribution < 1.29 is 0 Å². The molecule has 1 aromatic rings. The zero-order chi connectivity index (χ0) is 9.42. The number of aromatic nitrogens is 2. The summed E-state index contributed by atoms with van der Waals surface area (Å²) >= 11 is 3.34. The smallest absolute Gasteiger partial charge is 0.0654 e. The highest BCUT2D eigenvalue weighted by atomic mass is 79.9. The van der Waals surface area contributed by atoms with Gasteiger partial charge in [0.15, 0.2) is 0 Å². The molecule has 0 spiro atoms. The van der Waals surface area contributed by atoms with Crippen LogP contribution in [0.5, 0.6) is 0 Å². The van der Waals surface area contributed by atoms with Gasteiger partial charge < -0.3 is 0 Å². The van der Waals surface area contributed by atoms with Gasteiger partial charge in [-0.05, 0) is 34.2 Å². The molecule has 0 N–H and O–H groups in total. The van der Waals surface area contributed by atoms with Crippen LogP contribution in [0, 0.1) is 11.8 Å². The molecule has 13 heavy (non-hydrogen) atoms. The third-order valence-corrected chi connectivity index (χ3v) is 3.09. The Bertz CT molecular complexity index is 342. The van der Waals surface area contributed by atoms with E-state index in [0.717, 1.165) is 16.8 Å². The molecular formula is C9H12BrN3. The van der Waals surface area contributed by atoms with Gasteiger partial charge in [0.05, 0.1) is 16.9 Å². The normalized spacial score (nSPS) is 30.5. The first-order chi connectivity index (χ1) is 6.16. The summed E-state index contributed by atoms with van der Waals surface area (Å²) in [4.78, 5) is 1.63. The standard InChI is InChI=1S/C9H12BrN3/c1-6-3-9(7(6)2)12-13-5-8(10)4-11-13/h4-7H,3H2,1-2H3/b12-9-. The Labute approximate surface area is 86.0 Å². The molecule has 0 amide bonds. The third kappa shape index (κ3) is 1.68. The molecule has 3 nitrogen and oxygen atoms in total. The molecule has 2 rings (SSSR count). The van der Waals surface area contributed by atoms with E-state index < -0.39 is 0 Å². The van der Waals surface area contributed by atoms with E-state index in [9.17, 15) is 0 Å². The average molecular weight is 242 g/mol. The molecule has 0 radical (unpaired) electrons. The lowest BCUT2D eigenvalue weighted by molar-refractivity contribution is 0.412. The molecule has 2 unspecified atom stereocenters. The summed E-state index contributed by atoms with van der Waals surface area (Å²) in [5.41, 5.74) is 1.25. The van der Waals surface area contributed by atoms with Crippen molar-refractivity contribution >= 4 is 21.6 Å². The maximum absolute atomic E-state index is 4.41. The highest BCUT2D eigenvalue weighted by Gasteiger charge is 2.30. The lowest BCUT2D eigenvalue weighted by atomic mass is 9.74. The Morgan fingerprint density at radius 2 is 2.38 bits per heavy atom. The molecule has 1 aliphatic rings. The Morgan fingerprint density at radius 3 is 2.85 bits per heavy atom. The Balaban J connectivity index is 2.13. The highest BCUT2D eigenvalue weighted by molar-refractivity contribution is 9.10. The van der Waals surface area contributed by atoms with Crippen LogP contribution in [0.1, 0.15) is 20.3 Å². The number of hydrogen-bond donors (Lipinski definition) is 0. The van der Waals surface area contributed by atoms with Gasteiger partial charge in [-0.3, -0.25) is 0 Å². The second-order valence-corrected chi connectivity index (χ2v) is 4.56. The van der Waals surface area contributed by atoms with Gasteiger partial charge in [-0.25, -0.2) is 0 Å². The van der Waals surface area contributed by atoms with E-state index in [1.165, 1.54) is 5.71 Å². The van der Waals surface area contributed by atoms with Crippen LogP contribution in [0.4, 0.5) is 0 Å². The van der Waals surface area contributed by atoms with Crippen LogP contribution in [-0.2, 0) is 0 Å². The van der Waals surface area contributed by atoms with Crippen molar-refractivity contribution in [1.82, 2.24) is 9.89 Å². The van der Waals surface area contributed by atoms with Gasteiger partial charge in [0.1, 0.15) is 0 Å². The van der Waals surface area contributed by atoms with Crippen molar-refractivity contribution in [3.63, 3.8) is 0 Å². The lowest BCUT2D eigenvalue weighted by Gasteiger charge is -2.32. The third-order valence-electron chi connectivity index (χ3n) is 2.68. The monoisotopic (exact) mass is 241 g/mol. The first-order valence-corrected chi connectivity index (χ1v) is 5.24. The van der Waals surface area contributed by atoms with Crippen molar-refractivity contribution in [1.29, 1.82) is 0 Å². The molecule has 70 valence electrons. The molecule has 1 aliphatic carbocycles. The van der Waals surface area contributed by atoms with Gasteiger partial charge in [-0.2, -0.15) is 15.0 Å². The van der Waals surface area contributed by atoms with E-state index in [1.54, 1.807) is 11.0 Å². The average Bonchev–Trinajstić information content (AvgIpc) is 2.50. The summed E-state index contributed by atoms with van der Waals surface area (Å²) in [6.07, 6.45) is 4.72. The van der Waals surface area contributed by atoms with Gasteiger partial charge in [-0.1, -0.05) is 13.8 Å². The second-order valence-electron chi connectivity index (χ2n) is 3.64. The number of halogens is 1. The first kappa shape index (κ1) is 8.94. The van der Waals surface area contributed by atoms with E-state index in [0.29, 0.717) is 5.92 Å². The van der Waals surface area contributed by atoms with Crippen molar-refractivity contribution in [2.75, 3.05) is 0 Å². The van der Waals surface area contributed by atoms with Gasteiger partial charge in [0.25, 0.3) is 0 Å². The van der Waals surface area contributed by atoms with E-state index in [1.807, 2.05) is 6.20 Å². The summed E-state index contributed by atoms with van der Waals surface area (Å²) in [5.74, 6) is 1.39. The maximum Gasteiger partial charge on any atom is 0.0654 e. The van der Waals surface area contributed by atoms with Crippen molar-refractivity contribution in [3.8, 4) is 0 Å². The predicted molar refractivity (Wildman–Crippen MR) is 55.7 cm³/mol. The van der Waals surface area contributed by atoms with Crippen LogP contribution in [0.25, 0.3) is 0 Å². The fraction of sp³-hybridized carbons (Fsp3) is 0.556. The Kier molecular flexibility index (Phi) is 2.24. The molecule has 0 aromatic carbocycles. The van der Waals surface area contributed by atoms with Crippen LogP contribution < -0.4 is 0 Å². The van der Waals surface area contributed by atoms with E-state index >= 15 is 0 Å². The van der Waals surface area contributed by atoms with Gasteiger partial charge in [0, 0.05) is 5.71 Å². The summed E-state index contributed by atoms with van der Waals surface area (Å²) in [7, 11) is 0. The van der Waals surface area contributed by atoms with Gasteiger partial charge in [0.2, 0.25) is 0 Å². The fourth-order valence-electron chi connectivity index (χ4n) is 1.47. The maximum atomic E-state index is 4.41. The molecule has 1 heterocycles. The van der Waals surface area contributed by atoms with Crippen molar-refractivity contribution in [3.05, 3.63) is 16.9 Å². The summed E-state index contributed by atoms with van der Waals surface area (Å²) in [6.45, 7) is 4.47. The summed E-state index contributed by atoms with van der Waals surface area (Å²) in [6, 6.07) is 0. The first-order valence-electron chi connectivity index (χ1n) is 4.44. The summed E-state index contributed by atoms with van der Waals surface area (Å²) in [5, 5.41) is 8.49. The number of rotatable bonds is 1. The zero-order valence-electron chi connectivity index (χ0n) is 7.74. The summed E-state index contributed by atoms with van der Waals surface area (Å²) < 4.78 is 0.969. The van der Waals surface area contributed by atoms with Crippen LogP contribution >= 0.6 is 15.9 Å². The van der Waals surface area contributed by atoms with Crippen molar-refractivity contribution in [2.45, 2.75) is 20.3 Å². The van der Waals surface area contributed by atoms with Gasteiger partial charge >= 0.3 is 0 Å². The van der Waals surface area contributed by atoms with Crippen molar-refractivity contribution in [2.24, 2.45) is 16.9 Å². The number of hydrogen-bond acceptors (Lipinski definition) is 2. The molecule has 1 saturated carbocycles. The number of nitrogens with zero attached hydrogens (tertiary/aromatic N) is 3. The predicted octanol–water partition coefficient (Wildman–Crippen LogP) is 2.53. The van der Waals surface area contributed by atoms with E-state index in [4.69, 9.17) is 0 Å². The van der Waals surface area contributed by atoms with Crippen LogP contribution in [-0.4, -0.2) is 15.6 Å². The quantitative estimate of drug-likeness (QED) is 0.744. The molecule has 0 bridgehead atoms. The Hall–Kier alpha value is -0.640. The lowest BCUT2D eigenvalue weighted by Crippen LogP contribution is -2.33.